The van der Waals surface area contributed by atoms with Gasteiger partial charge in [-0.25, -0.2) is 0 Å². The molecule has 0 aliphatic carbocycles. The lowest BCUT2D eigenvalue weighted by Gasteiger charge is -2.12. The van der Waals surface area contributed by atoms with Crippen molar-refractivity contribution in [1.29, 1.82) is 0 Å². The van der Waals surface area contributed by atoms with Gasteiger partial charge in [0.05, 0.1) is 12.8 Å². The lowest BCUT2D eigenvalue weighted by Crippen LogP contribution is -2.02. The van der Waals surface area contributed by atoms with Crippen molar-refractivity contribution in [3.05, 3.63) is 53.9 Å². The zero-order chi connectivity index (χ0) is 12.3. The van der Waals surface area contributed by atoms with Gasteiger partial charge in [-0.2, -0.15) is 0 Å². The zero-order valence-electron chi connectivity index (χ0n) is 9.37. The second-order valence-corrected chi connectivity index (χ2v) is 3.59. The maximum Gasteiger partial charge on any atom is 0.160 e. The molecule has 0 aliphatic heterocycles. The molecule has 2 rings (SSSR count). The molecule has 0 spiro atoms. The van der Waals surface area contributed by atoms with Gasteiger partial charge in [0.25, 0.3) is 0 Å². The third-order valence-corrected chi connectivity index (χ3v) is 2.49. The summed E-state index contributed by atoms with van der Waals surface area (Å²) in [7, 11) is 1.46. The maximum absolute atomic E-state index is 10.1. The van der Waals surface area contributed by atoms with E-state index in [4.69, 9.17) is 4.74 Å². The largest absolute Gasteiger partial charge is 0.504 e. The molecule has 0 saturated heterocycles. The monoisotopic (exact) mass is 231 g/mol. The normalized spacial score (nSPS) is 12.1. The summed E-state index contributed by atoms with van der Waals surface area (Å²) < 4.78 is 4.99. The van der Waals surface area contributed by atoms with E-state index in [1.165, 1.54) is 13.2 Å². The molecule has 1 aromatic carbocycles. The minimum Gasteiger partial charge on any atom is -0.504 e. The van der Waals surface area contributed by atoms with Gasteiger partial charge < -0.3 is 14.9 Å². The van der Waals surface area contributed by atoms with Crippen LogP contribution in [0.25, 0.3) is 0 Å². The Bertz CT molecular complexity index is 499. The topological polar surface area (TPSA) is 62.6 Å². The van der Waals surface area contributed by atoms with Crippen LogP contribution in [0.15, 0.2) is 42.6 Å². The first-order valence-corrected chi connectivity index (χ1v) is 5.18. The minimum atomic E-state index is -0.828. The summed E-state index contributed by atoms with van der Waals surface area (Å²) in [5.41, 5.74) is 1.18. The van der Waals surface area contributed by atoms with Crippen molar-refractivity contribution < 1.29 is 14.9 Å². The Kier molecular flexibility index (Phi) is 3.25. The highest BCUT2D eigenvalue weighted by Crippen LogP contribution is 2.30. The number of aliphatic hydroxyl groups is 1. The molecular formula is C13H13NO3. The Morgan fingerprint density at radius 1 is 1.24 bits per heavy atom. The second-order valence-electron chi connectivity index (χ2n) is 3.59. The van der Waals surface area contributed by atoms with Crippen molar-refractivity contribution in [3.8, 4) is 11.5 Å². The van der Waals surface area contributed by atoms with Crippen LogP contribution in [0.5, 0.6) is 11.5 Å². The molecule has 1 unspecified atom stereocenters. The van der Waals surface area contributed by atoms with Crippen molar-refractivity contribution in [2.75, 3.05) is 7.11 Å². The van der Waals surface area contributed by atoms with Crippen LogP contribution in [0, 0.1) is 0 Å². The molecule has 0 bridgehead atoms. The van der Waals surface area contributed by atoms with E-state index in [1.807, 2.05) is 6.07 Å². The van der Waals surface area contributed by atoms with Crippen LogP contribution in [0.4, 0.5) is 0 Å². The molecule has 88 valence electrons. The SMILES string of the molecule is COc1cc(C(O)c2ccccn2)ccc1O. The third-order valence-electron chi connectivity index (χ3n) is 2.49. The van der Waals surface area contributed by atoms with Gasteiger partial charge in [-0.05, 0) is 29.8 Å². The Morgan fingerprint density at radius 3 is 2.71 bits per heavy atom. The summed E-state index contributed by atoms with van der Waals surface area (Å²) in [5, 5.41) is 19.6. The first kappa shape index (κ1) is 11.4. The number of hydrogen-bond donors (Lipinski definition) is 2. The van der Waals surface area contributed by atoms with Gasteiger partial charge in [0.1, 0.15) is 6.10 Å². The Morgan fingerprint density at radius 2 is 2.06 bits per heavy atom. The molecule has 0 amide bonds. The van der Waals surface area contributed by atoms with Gasteiger partial charge in [-0.1, -0.05) is 12.1 Å². The molecule has 17 heavy (non-hydrogen) atoms. The maximum atomic E-state index is 10.1. The van der Waals surface area contributed by atoms with Crippen LogP contribution in [0.1, 0.15) is 17.4 Å². The quantitative estimate of drug-likeness (QED) is 0.846. The lowest BCUT2D eigenvalue weighted by molar-refractivity contribution is 0.214. The lowest BCUT2D eigenvalue weighted by atomic mass is 10.1. The van der Waals surface area contributed by atoms with Gasteiger partial charge in [0.15, 0.2) is 11.5 Å². The number of methoxy groups -OCH3 is 1. The minimum absolute atomic E-state index is 0.0458. The number of phenols is 1. The predicted molar refractivity (Wildman–Crippen MR) is 63.0 cm³/mol. The Labute approximate surface area is 99.1 Å². The van der Waals surface area contributed by atoms with Crippen LogP contribution in [0.2, 0.25) is 0 Å². The van der Waals surface area contributed by atoms with Gasteiger partial charge >= 0.3 is 0 Å². The fourth-order valence-corrected chi connectivity index (χ4v) is 1.57. The van der Waals surface area contributed by atoms with E-state index in [0.717, 1.165) is 0 Å². The third kappa shape index (κ3) is 2.37. The fourth-order valence-electron chi connectivity index (χ4n) is 1.57. The molecule has 2 aromatic rings. The number of hydrogen-bond acceptors (Lipinski definition) is 4. The smallest absolute Gasteiger partial charge is 0.160 e. The van der Waals surface area contributed by atoms with Crippen LogP contribution in [0.3, 0.4) is 0 Å². The molecule has 1 atom stereocenters. The van der Waals surface area contributed by atoms with Crippen LogP contribution in [-0.2, 0) is 0 Å². The summed E-state index contributed by atoms with van der Waals surface area (Å²) in [5.74, 6) is 0.377. The molecular weight excluding hydrogens is 218 g/mol. The van der Waals surface area contributed by atoms with Crippen molar-refractivity contribution in [1.82, 2.24) is 4.98 Å². The van der Waals surface area contributed by atoms with Gasteiger partial charge in [-0.15, -0.1) is 0 Å². The van der Waals surface area contributed by atoms with E-state index in [1.54, 1.807) is 30.5 Å². The second kappa shape index (κ2) is 4.84. The highest BCUT2D eigenvalue weighted by molar-refractivity contribution is 5.43. The summed E-state index contributed by atoms with van der Waals surface area (Å²) >= 11 is 0. The molecule has 0 radical (unpaired) electrons. The van der Waals surface area contributed by atoms with E-state index in [9.17, 15) is 10.2 Å². The first-order valence-electron chi connectivity index (χ1n) is 5.18. The number of phenolic OH excluding ortho intramolecular Hbond substituents is 1. The average molecular weight is 231 g/mol. The average Bonchev–Trinajstić information content (AvgIpc) is 2.39. The number of ether oxygens (including phenoxy) is 1. The van der Waals surface area contributed by atoms with Crippen LogP contribution >= 0.6 is 0 Å². The van der Waals surface area contributed by atoms with Crippen molar-refractivity contribution in [3.63, 3.8) is 0 Å². The first-order chi connectivity index (χ1) is 8.22. The summed E-state index contributed by atoms with van der Waals surface area (Å²) in [6.45, 7) is 0. The zero-order valence-corrected chi connectivity index (χ0v) is 9.37. The van der Waals surface area contributed by atoms with Crippen LogP contribution < -0.4 is 4.74 Å². The van der Waals surface area contributed by atoms with E-state index in [-0.39, 0.29) is 5.75 Å². The Balaban J connectivity index is 2.34. The number of aromatic nitrogens is 1. The summed E-state index contributed by atoms with van der Waals surface area (Å²) in [6, 6.07) is 10.0. The Hall–Kier alpha value is -2.07. The number of nitrogens with zero attached hydrogens (tertiary/aromatic N) is 1. The highest BCUT2D eigenvalue weighted by atomic mass is 16.5. The van der Waals surface area contributed by atoms with Crippen molar-refractivity contribution in [2.45, 2.75) is 6.10 Å². The molecule has 0 fully saturated rings. The molecule has 4 nitrogen and oxygen atoms in total. The molecule has 1 aromatic heterocycles. The number of pyridine rings is 1. The molecule has 2 N–H and O–H groups in total. The number of rotatable bonds is 3. The van der Waals surface area contributed by atoms with Crippen molar-refractivity contribution in [2.24, 2.45) is 0 Å². The van der Waals surface area contributed by atoms with E-state index in [2.05, 4.69) is 4.98 Å². The standard InChI is InChI=1S/C13H13NO3/c1-17-12-8-9(5-6-11(12)15)13(16)10-4-2-3-7-14-10/h2-8,13,15-16H,1H3. The van der Waals surface area contributed by atoms with E-state index >= 15 is 0 Å². The van der Waals surface area contributed by atoms with E-state index in [0.29, 0.717) is 17.0 Å². The van der Waals surface area contributed by atoms with Gasteiger partial charge in [-0.3, -0.25) is 4.98 Å². The predicted octanol–water partition coefficient (Wildman–Crippen LogP) is 1.88. The number of benzene rings is 1. The molecule has 1 heterocycles. The highest BCUT2D eigenvalue weighted by Gasteiger charge is 2.13. The summed E-state index contributed by atoms with van der Waals surface area (Å²) in [4.78, 5) is 4.08. The van der Waals surface area contributed by atoms with Crippen molar-refractivity contribution >= 4 is 0 Å². The molecule has 0 saturated carbocycles. The van der Waals surface area contributed by atoms with Gasteiger partial charge in [0.2, 0.25) is 0 Å². The summed E-state index contributed by atoms with van der Waals surface area (Å²) in [6.07, 6.45) is 0.793. The number of aromatic hydroxyl groups is 1. The van der Waals surface area contributed by atoms with Crippen LogP contribution in [-0.4, -0.2) is 22.3 Å². The molecule has 4 heteroatoms. The number of aliphatic hydroxyl groups excluding tert-OH is 1. The fraction of sp³-hybridized carbons (Fsp3) is 0.154. The van der Waals surface area contributed by atoms with Gasteiger partial charge in [0, 0.05) is 6.20 Å². The molecule has 0 aliphatic rings. The van der Waals surface area contributed by atoms with E-state index < -0.39 is 6.10 Å².